The third kappa shape index (κ3) is 7.29. The molecule has 0 saturated heterocycles. The Hall–Kier alpha value is -0.663. The van der Waals surface area contributed by atoms with Gasteiger partial charge in [-0.05, 0) is 24.8 Å². The molecule has 0 bridgehead atoms. The van der Waals surface area contributed by atoms with Crippen LogP contribution in [0.1, 0.15) is 24.8 Å². The molecule has 0 unspecified atom stereocenters. The number of hydrogen-bond donors (Lipinski definition) is 0. The summed E-state index contributed by atoms with van der Waals surface area (Å²) in [6, 6.07) is 10.2. The van der Waals surface area contributed by atoms with Gasteiger partial charge in [0, 0.05) is 6.61 Å². The summed E-state index contributed by atoms with van der Waals surface area (Å²) in [7, 11) is 0. The van der Waals surface area contributed by atoms with E-state index in [0.29, 0.717) is 6.61 Å². The molecule has 0 N–H and O–H groups in total. The number of unbranched alkanes of at least 4 members (excludes halogenated alkanes) is 2. The first-order valence-electron chi connectivity index (χ1n) is 4.95. The van der Waals surface area contributed by atoms with Gasteiger partial charge in [0.25, 0.3) is 0 Å². The Morgan fingerprint density at radius 3 is 2.53 bits per heavy atom. The van der Waals surface area contributed by atoms with Crippen LogP contribution in [0, 0.1) is 12.3 Å². The van der Waals surface area contributed by atoms with Crippen molar-refractivity contribution >= 4 is 0 Å². The molecule has 0 saturated carbocycles. The van der Waals surface area contributed by atoms with E-state index in [1.54, 1.807) is 0 Å². The minimum Gasteiger partial charge on any atom is -0.694 e. The Morgan fingerprint density at radius 2 is 1.87 bits per heavy atom. The van der Waals surface area contributed by atoms with Crippen LogP contribution in [-0.2, 0) is 11.3 Å². The van der Waals surface area contributed by atoms with Gasteiger partial charge in [0.2, 0.25) is 0 Å². The normalized spacial score (nSPS) is 9.00. The molecule has 1 aromatic rings. The molecule has 0 fully saturated rings. The van der Waals surface area contributed by atoms with Crippen molar-refractivity contribution in [1.29, 1.82) is 0 Å². The van der Waals surface area contributed by atoms with Gasteiger partial charge in [-0.25, -0.2) is 0 Å². The van der Waals surface area contributed by atoms with Crippen molar-refractivity contribution in [2.75, 3.05) is 6.61 Å². The van der Waals surface area contributed by atoms with Crippen LogP contribution in [0.25, 0.3) is 0 Å². The Balaban J connectivity index is 0.00000196. The summed E-state index contributed by atoms with van der Waals surface area (Å²) < 4.78 is 5.48. The topological polar surface area (TPSA) is 9.23 Å². The predicted molar refractivity (Wildman–Crippen MR) is 57.1 cm³/mol. The SMILES string of the molecule is [C-]#CCCCCOCc1ccccc1.[Li+]. The van der Waals surface area contributed by atoms with Crippen molar-refractivity contribution in [3.63, 3.8) is 0 Å². The third-order valence-electron chi connectivity index (χ3n) is 1.95. The fourth-order valence-electron chi connectivity index (χ4n) is 1.18. The molecule has 0 aliphatic carbocycles. The summed E-state index contributed by atoms with van der Waals surface area (Å²) in [4.78, 5) is 0. The zero-order valence-electron chi connectivity index (χ0n) is 9.33. The van der Waals surface area contributed by atoms with E-state index in [1.165, 1.54) is 5.56 Å². The number of ether oxygens (including phenoxy) is 1. The predicted octanol–water partition coefficient (Wildman–Crippen LogP) is -0.0327. The van der Waals surface area contributed by atoms with E-state index in [9.17, 15) is 0 Å². The summed E-state index contributed by atoms with van der Waals surface area (Å²) in [6.07, 6.45) is 9.48. The molecule has 0 aromatic heterocycles. The standard InChI is InChI=1S/C13H15O.Li/c1-2-3-4-8-11-14-12-13-9-6-5-7-10-13;/h5-7,9-10H,3-4,8,11-12H2;/q-1;+1. The average Bonchev–Trinajstić information content (AvgIpc) is 2.25. The van der Waals surface area contributed by atoms with Crippen LogP contribution in [-0.4, -0.2) is 6.61 Å². The molecule has 0 heterocycles. The molecular weight excluding hydrogens is 179 g/mol. The van der Waals surface area contributed by atoms with E-state index in [0.717, 1.165) is 25.9 Å². The maximum Gasteiger partial charge on any atom is 1.00 e. The summed E-state index contributed by atoms with van der Waals surface area (Å²) in [5.74, 6) is 2.37. The molecule has 0 atom stereocenters. The van der Waals surface area contributed by atoms with Crippen LogP contribution in [0.3, 0.4) is 0 Å². The molecule has 1 nitrogen and oxygen atoms in total. The Morgan fingerprint density at radius 1 is 1.13 bits per heavy atom. The van der Waals surface area contributed by atoms with Gasteiger partial charge in [0.15, 0.2) is 0 Å². The van der Waals surface area contributed by atoms with E-state index in [1.807, 2.05) is 18.2 Å². The fourth-order valence-corrected chi connectivity index (χ4v) is 1.18. The van der Waals surface area contributed by atoms with Gasteiger partial charge < -0.3 is 17.1 Å². The van der Waals surface area contributed by atoms with Crippen molar-refractivity contribution in [2.45, 2.75) is 25.9 Å². The molecule has 1 rings (SSSR count). The molecule has 1 aromatic carbocycles. The second-order valence-electron chi connectivity index (χ2n) is 3.17. The van der Waals surface area contributed by atoms with Crippen molar-refractivity contribution in [2.24, 2.45) is 0 Å². The maximum atomic E-state index is 6.73. The van der Waals surface area contributed by atoms with Crippen molar-refractivity contribution in [3.05, 3.63) is 42.3 Å². The van der Waals surface area contributed by atoms with Crippen LogP contribution in [0.2, 0.25) is 0 Å². The van der Waals surface area contributed by atoms with E-state index in [2.05, 4.69) is 18.1 Å². The second kappa shape index (κ2) is 9.88. The summed E-state index contributed by atoms with van der Waals surface area (Å²) >= 11 is 0. The Labute approximate surface area is 104 Å². The van der Waals surface area contributed by atoms with Crippen LogP contribution in [0.5, 0.6) is 0 Å². The number of hydrogen-bond acceptors (Lipinski definition) is 1. The van der Waals surface area contributed by atoms with Gasteiger partial charge in [-0.3, -0.25) is 0 Å². The molecule has 0 radical (unpaired) electrons. The van der Waals surface area contributed by atoms with Crippen LogP contribution >= 0.6 is 0 Å². The zero-order chi connectivity index (χ0) is 10.1. The smallest absolute Gasteiger partial charge is 0.694 e. The van der Waals surface area contributed by atoms with Gasteiger partial charge >= 0.3 is 18.9 Å². The van der Waals surface area contributed by atoms with Gasteiger partial charge in [-0.1, -0.05) is 30.3 Å². The molecule has 0 aliphatic rings. The molecule has 15 heavy (non-hydrogen) atoms. The average molecular weight is 194 g/mol. The number of benzene rings is 1. The summed E-state index contributed by atoms with van der Waals surface area (Å²) in [6.45, 7) is 1.46. The van der Waals surface area contributed by atoms with Crippen LogP contribution < -0.4 is 18.9 Å². The molecule has 0 spiro atoms. The molecule has 74 valence electrons. The molecular formula is C13H15LiO. The Kier molecular flexibility index (Phi) is 9.44. The fraction of sp³-hybridized carbons (Fsp3) is 0.385. The van der Waals surface area contributed by atoms with E-state index < -0.39 is 0 Å². The molecule has 2 heteroatoms. The Bertz CT molecular complexity index is 276. The van der Waals surface area contributed by atoms with Crippen molar-refractivity contribution in [1.82, 2.24) is 0 Å². The summed E-state index contributed by atoms with van der Waals surface area (Å²) in [5.41, 5.74) is 1.21. The summed E-state index contributed by atoms with van der Waals surface area (Å²) in [5, 5.41) is 0. The maximum absolute atomic E-state index is 6.73. The van der Waals surface area contributed by atoms with Crippen molar-refractivity contribution in [3.8, 4) is 5.92 Å². The van der Waals surface area contributed by atoms with E-state index in [-0.39, 0.29) is 18.9 Å². The zero-order valence-corrected chi connectivity index (χ0v) is 9.33. The van der Waals surface area contributed by atoms with Crippen LogP contribution in [0.4, 0.5) is 0 Å². The number of rotatable bonds is 6. The van der Waals surface area contributed by atoms with Gasteiger partial charge in [-0.2, -0.15) is 0 Å². The largest absolute Gasteiger partial charge is 1.00 e. The first kappa shape index (κ1) is 14.3. The van der Waals surface area contributed by atoms with Gasteiger partial charge in [0.05, 0.1) is 6.61 Å². The molecule has 0 aliphatic heterocycles. The minimum atomic E-state index is 0. The molecule has 0 amide bonds. The first-order valence-corrected chi connectivity index (χ1v) is 4.95. The third-order valence-corrected chi connectivity index (χ3v) is 1.95. The minimum absolute atomic E-state index is 0. The van der Waals surface area contributed by atoms with Gasteiger partial charge in [0.1, 0.15) is 0 Å². The first-order chi connectivity index (χ1) is 6.93. The van der Waals surface area contributed by atoms with Gasteiger partial charge in [-0.15, -0.1) is 0 Å². The van der Waals surface area contributed by atoms with Crippen molar-refractivity contribution < 1.29 is 23.6 Å². The quantitative estimate of drug-likeness (QED) is 0.267. The van der Waals surface area contributed by atoms with E-state index in [4.69, 9.17) is 11.2 Å². The van der Waals surface area contributed by atoms with Crippen LogP contribution in [0.15, 0.2) is 30.3 Å². The monoisotopic (exact) mass is 194 g/mol. The second-order valence-corrected chi connectivity index (χ2v) is 3.17. The van der Waals surface area contributed by atoms with E-state index >= 15 is 0 Å².